The number of rotatable bonds is 4. The summed E-state index contributed by atoms with van der Waals surface area (Å²) in [6.07, 6.45) is 1.93. The number of nitrogens with zero attached hydrogens (tertiary/aromatic N) is 1. The van der Waals surface area contributed by atoms with Gasteiger partial charge in [0.15, 0.2) is 0 Å². The van der Waals surface area contributed by atoms with Gasteiger partial charge >= 0.3 is 0 Å². The second-order valence-electron chi connectivity index (χ2n) is 3.68. The van der Waals surface area contributed by atoms with E-state index in [1.165, 1.54) is 6.07 Å². The van der Waals surface area contributed by atoms with Crippen molar-refractivity contribution >= 4 is 21.8 Å². The fourth-order valence-corrected chi connectivity index (χ4v) is 1.90. The fraction of sp³-hybridized carbons (Fsp3) is 0.417. The van der Waals surface area contributed by atoms with E-state index in [1.54, 1.807) is 24.1 Å². The van der Waals surface area contributed by atoms with Gasteiger partial charge in [-0.2, -0.15) is 0 Å². The first-order chi connectivity index (χ1) is 7.57. The van der Waals surface area contributed by atoms with Crippen LogP contribution in [0.15, 0.2) is 22.7 Å². The van der Waals surface area contributed by atoms with Gasteiger partial charge in [-0.05, 0) is 34.5 Å². The van der Waals surface area contributed by atoms with E-state index in [4.69, 9.17) is 0 Å². The Morgan fingerprint density at radius 1 is 1.50 bits per heavy atom. The van der Waals surface area contributed by atoms with Gasteiger partial charge in [0.1, 0.15) is 5.82 Å². The first-order valence-corrected chi connectivity index (χ1v) is 6.06. The van der Waals surface area contributed by atoms with Crippen LogP contribution in [0.25, 0.3) is 0 Å². The van der Waals surface area contributed by atoms with Crippen molar-refractivity contribution in [3.63, 3.8) is 0 Å². The molecule has 1 amide bonds. The van der Waals surface area contributed by atoms with Gasteiger partial charge < -0.3 is 4.90 Å². The lowest BCUT2D eigenvalue weighted by Gasteiger charge is -2.17. The Labute approximate surface area is 104 Å². The summed E-state index contributed by atoms with van der Waals surface area (Å²) in [7, 11) is 1.69. The Morgan fingerprint density at radius 2 is 2.19 bits per heavy atom. The van der Waals surface area contributed by atoms with Gasteiger partial charge in [-0.25, -0.2) is 4.39 Å². The summed E-state index contributed by atoms with van der Waals surface area (Å²) in [5, 5.41) is 0. The lowest BCUT2D eigenvalue weighted by Crippen LogP contribution is -2.28. The third kappa shape index (κ3) is 3.04. The molecule has 88 valence electrons. The molecule has 0 atom stereocenters. The summed E-state index contributed by atoms with van der Waals surface area (Å²) in [6.45, 7) is 2.70. The molecule has 0 bridgehead atoms. The van der Waals surface area contributed by atoms with E-state index in [1.807, 2.05) is 0 Å². The van der Waals surface area contributed by atoms with Crippen LogP contribution in [0.2, 0.25) is 0 Å². The maximum Gasteiger partial charge on any atom is 0.257 e. The Morgan fingerprint density at radius 3 is 2.75 bits per heavy atom. The molecule has 0 aliphatic heterocycles. The molecule has 0 spiro atoms. The predicted molar refractivity (Wildman–Crippen MR) is 66.0 cm³/mol. The molecule has 1 aromatic rings. The molecule has 0 fully saturated rings. The molecule has 16 heavy (non-hydrogen) atoms. The number of benzene rings is 1. The van der Waals surface area contributed by atoms with Crippen LogP contribution < -0.4 is 0 Å². The largest absolute Gasteiger partial charge is 0.342 e. The molecule has 2 nitrogen and oxygen atoms in total. The summed E-state index contributed by atoms with van der Waals surface area (Å²) in [5.41, 5.74) is 0.112. The number of halogens is 2. The summed E-state index contributed by atoms with van der Waals surface area (Å²) in [6, 6.07) is 4.54. The Hall–Kier alpha value is -0.900. The molecule has 0 N–H and O–H groups in total. The second-order valence-corrected chi connectivity index (χ2v) is 4.53. The maximum atomic E-state index is 13.5. The Bertz CT molecular complexity index is 361. The van der Waals surface area contributed by atoms with Crippen LogP contribution >= 0.6 is 15.9 Å². The maximum absolute atomic E-state index is 13.5. The first-order valence-electron chi connectivity index (χ1n) is 5.27. The lowest BCUT2D eigenvalue weighted by atomic mass is 10.2. The highest BCUT2D eigenvalue weighted by atomic mass is 79.9. The predicted octanol–water partition coefficient (Wildman–Crippen LogP) is 3.46. The first kappa shape index (κ1) is 13.2. The van der Waals surface area contributed by atoms with Crippen LogP contribution in [0.1, 0.15) is 30.1 Å². The van der Waals surface area contributed by atoms with Crippen LogP contribution in [0.5, 0.6) is 0 Å². The van der Waals surface area contributed by atoms with Crippen molar-refractivity contribution in [3.8, 4) is 0 Å². The summed E-state index contributed by atoms with van der Waals surface area (Å²) >= 11 is 3.20. The number of carbonyl (C=O) groups excluding carboxylic acids is 1. The van der Waals surface area contributed by atoms with Gasteiger partial charge in [0.05, 0.1) is 5.56 Å². The van der Waals surface area contributed by atoms with Crippen molar-refractivity contribution in [2.75, 3.05) is 13.6 Å². The van der Waals surface area contributed by atoms with Crippen molar-refractivity contribution in [2.45, 2.75) is 19.8 Å². The standard InChI is InChI=1S/C12H15BrFNO/c1-3-4-8-15(2)12(16)11-9(13)6-5-7-10(11)14/h5-7H,3-4,8H2,1-2H3. The van der Waals surface area contributed by atoms with E-state index in [0.717, 1.165) is 12.8 Å². The molecule has 0 radical (unpaired) electrons. The van der Waals surface area contributed by atoms with Gasteiger partial charge in [0, 0.05) is 18.1 Å². The zero-order valence-corrected chi connectivity index (χ0v) is 11.1. The van der Waals surface area contributed by atoms with E-state index in [9.17, 15) is 9.18 Å². The highest BCUT2D eigenvalue weighted by Crippen LogP contribution is 2.21. The van der Waals surface area contributed by atoms with E-state index in [0.29, 0.717) is 11.0 Å². The second kappa shape index (κ2) is 5.99. The van der Waals surface area contributed by atoms with Gasteiger partial charge in [0.25, 0.3) is 5.91 Å². The summed E-state index contributed by atoms with van der Waals surface area (Å²) in [4.78, 5) is 13.5. The molecule has 4 heteroatoms. The van der Waals surface area contributed by atoms with Crippen molar-refractivity contribution in [1.29, 1.82) is 0 Å². The monoisotopic (exact) mass is 287 g/mol. The summed E-state index contributed by atoms with van der Waals surface area (Å²) in [5.74, 6) is -0.763. The van der Waals surface area contributed by atoms with E-state index in [2.05, 4.69) is 22.9 Å². The SMILES string of the molecule is CCCCN(C)C(=O)c1c(F)cccc1Br. The average molecular weight is 288 g/mol. The number of amides is 1. The third-order valence-corrected chi connectivity index (χ3v) is 3.03. The Kier molecular flexibility index (Phi) is 4.93. The van der Waals surface area contributed by atoms with E-state index < -0.39 is 5.82 Å². The molecule has 0 aromatic heterocycles. The van der Waals surface area contributed by atoms with Crippen molar-refractivity contribution in [1.82, 2.24) is 4.90 Å². The average Bonchev–Trinajstić information content (AvgIpc) is 2.25. The highest BCUT2D eigenvalue weighted by molar-refractivity contribution is 9.10. The van der Waals surface area contributed by atoms with Crippen LogP contribution in [0.4, 0.5) is 4.39 Å². The third-order valence-electron chi connectivity index (χ3n) is 2.37. The topological polar surface area (TPSA) is 20.3 Å². The van der Waals surface area contributed by atoms with E-state index >= 15 is 0 Å². The molecule has 1 rings (SSSR count). The van der Waals surface area contributed by atoms with Gasteiger partial charge in [-0.1, -0.05) is 19.4 Å². The molecule has 0 unspecified atom stereocenters. The van der Waals surface area contributed by atoms with E-state index in [-0.39, 0.29) is 11.5 Å². The Balaban J connectivity index is 2.87. The van der Waals surface area contributed by atoms with Crippen molar-refractivity contribution < 1.29 is 9.18 Å². The van der Waals surface area contributed by atoms with Gasteiger partial charge in [-0.3, -0.25) is 4.79 Å². The number of carbonyl (C=O) groups is 1. The fourth-order valence-electron chi connectivity index (χ4n) is 1.39. The lowest BCUT2D eigenvalue weighted by molar-refractivity contribution is 0.0787. The zero-order valence-electron chi connectivity index (χ0n) is 9.46. The van der Waals surface area contributed by atoms with Crippen LogP contribution in [0.3, 0.4) is 0 Å². The van der Waals surface area contributed by atoms with Gasteiger partial charge in [0.2, 0.25) is 0 Å². The van der Waals surface area contributed by atoms with Crippen molar-refractivity contribution in [2.24, 2.45) is 0 Å². The molecular formula is C12H15BrFNO. The normalized spacial score (nSPS) is 10.2. The minimum absolute atomic E-state index is 0.112. The molecule has 0 aliphatic rings. The minimum atomic E-state index is -0.484. The molecule has 1 aromatic carbocycles. The molecule has 0 saturated heterocycles. The van der Waals surface area contributed by atoms with Crippen LogP contribution in [-0.4, -0.2) is 24.4 Å². The number of hydrogen-bond acceptors (Lipinski definition) is 1. The number of hydrogen-bond donors (Lipinski definition) is 0. The number of unbranched alkanes of at least 4 members (excludes halogenated alkanes) is 1. The quantitative estimate of drug-likeness (QED) is 0.831. The minimum Gasteiger partial charge on any atom is -0.342 e. The van der Waals surface area contributed by atoms with Gasteiger partial charge in [-0.15, -0.1) is 0 Å². The molecule has 0 aliphatic carbocycles. The molecule has 0 heterocycles. The molecular weight excluding hydrogens is 273 g/mol. The molecule has 0 saturated carbocycles. The smallest absolute Gasteiger partial charge is 0.257 e. The summed E-state index contributed by atoms with van der Waals surface area (Å²) < 4.78 is 14.0. The van der Waals surface area contributed by atoms with Crippen LogP contribution in [0, 0.1) is 5.82 Å². The van der Waals surface area contributed by atoms with Crippen LogP contribution in [-0.2, 0) is 0 Å². The van der Waals surface area contributed by atoms with Crippen molar-refractivity contribution in [3.05, 3.63) is 34.1 Å². The zero-order chi connectivity index (χ0) is 12.1. The highest BCUT2D eigenvalue weighted by Gasteiger charge is 2.18.